The zero-order valence-corrected chi connectivity index (χ0v) is 20.1. The lowest BCUT2D eigenvalue weighted by Gasteiger charge is -2.14. The number of thiocarbonyl (C=S) groups is 1. The molecule has 0 unspecified atom stereocenters. The van der Waals surface area contributed by atoms with Crippen molar-refractivity contribution in [1.29, 1.82) is 0 Å². The Morgan fingerprint density at radius 1 is 1.24 bits per heavy atom. The lowest BCUT2D eigenvalue weighted by atomic mass is 10.2. The van der Waals surface area contributed by atoms with Crippen LogP contribution in [0.1, 0.15) is 18.4 Å². The number of aromatic nitrogens is 5. The van der Waals surface area contributed by atoms with Crippen LogP contribution in [0.5, 0.6) is 0 Å². The fourth-order valence-corrected chi connectivity index (χ4v) is 4.28. The predicted molar refractivity (Wildman–Crippen MR) is 131 cm³/mol. The van der Waals surface area contributed by atoms with Crippen LogP contribution in [-0.4, -0.2) is 54.0 Å². The van der Waals surface area contributed by atoms with E-state index in [1.807, 2.05) is 55.1 Å². The molecule has 1 fully saturated rings. The quantitative estimate of drug-likeness (QED) is 0.263. The number of carbonyl (C=O) groups is 1. The number of nitrogens with one attached hydrogen (secondary N) is 3. The van der Waals surface area contributed by atoms with Gasteiger partial charge < -0.3 is 10.1 Å². The van der Waals surface area contributed by atoms with Crippen molar-refractivity contribution in [3.63, 3.8) is 0 Å². The lowest BCUT2D eigenvalue weighted by molar-refractivity contribution is -0.119. The van der Waals surface area contributed by atoms with Crippen molar-refractivity contribution in [2.75, 3.05) is 17.7 Å². The standard InChI is InChI=1S/C21H26N8O2S2/c1-14-5-7-15(8-6-14)22-20(32)25-23-18(30)13-33-21-26-24-19(17-9-10-28(2)27-17)29(21)12-16-4-3-11-31-16/h5-10,16H,3-4,11-13H2,1-2H3,(H,23,30)(H2,22,25,32)/t16-/m0/s1. The van der Waals surface area contributed by atoms with E-state index in [1.165, 1.54) is 11.8 Å². The number of hydrogen-bond acceptors (Lipinski definition) is 7. The molecule has 0 aliphatic carbocycles. The Morgan fingerprint density at radius 2 is 2.06 bits per heavy atom. The van der Waals surface area contributed by atoms with E-state index in [-0.39, 0.29) is 17.8 Å². The number of thioether (sulfide) groups is 1. The van der Waals surface area contributed by atoms with Gasteiger partial charge >= 0.3 is 0 Å². The molecule has 0 saturated carbocycles. The summed E-state index contributed by atoms with van der Waals surface area (Å²) in [6.45, 7) is 3.39. The Bertz CT molecular complexity index is 1110. The molecule has 0 radical (unpaired) electrons. The Hall–Kier alpha value is -2.96. The van der Waals surface area contributed by atoms with Gasteiger partial charge in [0.2, 0.25) is 5.91 Å². The van der Waals surface area contributed by atoms with Gasteiger partial charge in [-0.25, -0.2) is 0 Å². The van der Waals surface area contributed by atoms with Gasteiger partial charge in [0.15, 0.2) is 16.1 Å². The van der Waals surface area contributed by atoms with E-state index in [0.717, 1.165) is 36.4 Å². The molecule has 1 saturated heterocycles. The van der Waals surface area contributed by atoms with Crippen molar-refractivity contribution < 1.29 is 9.53 Å². The zero-order valence-electron chi connectivity index (χ0n) is 18.4. The van der Waals surface area contributed by atoms with Gasteiger partial charge in [-0.1, -0.05) is 29.5 Å². The first-order valence-electron chi connectivity index (χ1n) is 10.6. The minimum absolute atomic E-state index is 0.100. The Morgan fingerprint density at radius 3 is 2.76 bits per heavy atom. The van der Waals surface area contributed by atoms with Crippen molar-refractivity contribution in [1.82, 2.24) is 35.4 Å². The molecular formula is C21H26N8O2S2. The molecule has 1 amide bonds. The van der Waals surface area contributed by atoms with Crippen molar-refractivity contribution in [2.24, 2.45) is 7.05 Å². The zero-order chi connectivity index (χ0) is 23.2. The fourth-order valence-electron chi connectivity index (χ4n) is 3.37. The average Bonchev–Trinajstić information content (AvgIpc) is 3.55. The van der Waals surface area contributed by atoms with Crippen LogP contribution in [0.15, 0.2) is 41.7 Å². The van der Waals surface area contributed by atoms with Crippen LogP contribution < -0.4 is 16.2 Å². The van der Waals surface area contributed by atoms with Gasteiger partial charge in [0.05, 0.1) is 18.4 Å². The third-order valence-corrected chi connectivity index (χ3v) is 6.20. The number of benzene rings is 1. The summed E-state index contributed by atoms with van der Waals surface area (Å²) >= 11 is 6.53. The Labute approximate surface area is 201 Å². The normalized spacial score (nSPS) is 15.4. The largest absolute Gasteiger partial charge is 0.376 e. The van der Waals surface area contributed by atoms with Gasteiger partial charge in [-0.3, -0.25) is 24.9 Å². The van der Waals surface area contributed by atoms with E-state index >= 15 is 0 Å². The average molecular weight is 487 g/mol. The molecule has 3 aromatic rings. The number of hydrazine groups is 1. The molecule has 174 valence electrons. The summed E-state index contributed by atoms with van der Waals surface area (Å²) in [6, 6.07) is 9.68. The number of hydrogen-bond donors (Lipinski definition) is 3. The van der Waals surface area contributed by atoms with Gasteiger partial charge in [0, 0.05) is 25.5 Å². The number of carbonyl (C=O) groups excluding carboxylic acids is 1. The summed E-state index contributed by atoms with van der Waals surface area (Å²) in [7, 11) is 1.86. The topological polar surface area (TPSA) is 111 Å². The SMILES string of the molecule is Cc1ccc(NC(=S)NNC(=O)CSc2nnc(-c3ccn(C)n3)n2C[C@@H]2CCCO2)cc1. The number of amides is 1. The molecule has 0 bridgehead atoms. The van der Waals surface area contributed by atoms with Crippen LogP contribution >= 0.6 is 24.0 Å². The maximum atomic E-state index is 12.4. The second-order valence-corrected chi connectivity index (χ2v) is 9.06. The first kappa shape index (κ1) is 23.2. The predicted octanol–water partition coefficient (Wildman–Crippen LogP) is 2.28. The Balaban J connectivity index is 1.34. The highest BCUT2D eigenvalue weighted by molar-refractivity contribution is 7.99. The van der Waals surface area contributed by atoms with Crippen LogP contribution in [0, 0.1) is 6.92 Å². The van der Waals surface area contributed by atoms with E-state index in [0.29, 0.717) is 22.6 Å². The third-order valence-electron chi connectivity index (χ3n) is 5.03. The molecule has 1 aliphatic heterocycles. The second-order valence-electron chi connectivity index (χ2n) is 7.71. The minimum Gasteiger partial charge on any atom is -0.376 e. The fraction of sp³-hybridized carbons (Fsp3) is 0.381. The number of rotatable bonds is 7. The van der Waals surface area contributed by atoms with Crippen molar-refractivity contribution >= 4 is 40.7 Å². The summed E-state index contributed by atoms with van der Waals surface area (Å²) in [4.78, 5) is 12.4. The third kappa shape index (κ3) is 6.30. The van der Waals surface area contributed by atoms with E-state index in [9.17, 15) is 4.79 Å². The number of nitrogens with zero attached hydrogens (tertiary/aromatic N) is 5. The van der Waals surface area contributed by atoms with Gasteiger partial charge in [-0.05, 0) is 50.2 Å². The molecule has 0 spiro atoms. The molecule has 33 heavy (non-hydrogen) atoms. The molecule has 1 aromatic carbocycles. The summed E-state index contributed by atoms with van der Waals surface area (Å²) in [5.74, 6) is 0.571. The van der Waals surface area contributed by atoms with Crippen molar-refractivity contribution in [3.8, 4) is 11.5 Å². The van der Waals surface area contributed by atoms with Crippen molar-refractivity contribution in [3.05, 3.63) is 42.1 Å². The maximum Gasteiger partial charge on any atom is 0.248 e. The van der Waals surface area contributed by atoms with Crippen LogP contribution in [-0.2, 0) is 23.1 Å². The van der Waals surface area contributed by atoms with Crippen LogP contribution in [0.25, 0.3) is 11.5 Å². The lowest BCUT2D eigenvalue weighted by Crippen LogP contribution is -2.44. The van der Waals surface area contributed by atoms with Crippen LogP contribution in [0.3, 0.4) is 0 Å². The monoisotopic (exact) mass is 486 g/mol. The van der Waals surface area contributed by atoms with Gasteiger partial charge in [0.25, 0.3) is 0 Å². The van der Waals surface area contributed by atoms with Crippen molar-refractivity contribution in [2.45, 2.75) is 37.6 Å². The van der Waals surface area contributed by atoms with Crippen LogP contribution in [0.4, 0.5) is 5.69 Å². The molecule has 1 atom stereocenters. The molecule has 3 heterocycles. The summed E-state index contributed by atoms with van der Waals surface area (Å²) < 4.78 is 9.50. The van der Waals surface area contributed by atoms with Gasteiger partial charge in [-0.2, -0.15) is 5.10 Å². The molecule has 1 aliphatic rings. The molecule has 4 rings (SSSR count). The Kier molecular flexibility index (Phi) is 7.57. The number of anilines is 1. The second kappa shape index (κ2) is 10.8. The highest BCUT2D eigenvalue weighted by Crippen LogP contribution is 2.25. The van der Waals surface area contributed by atoms with E-state index in [1.54, 1.807) is 4.68 Å². The molecule has 3 N–H and O–H groups in total. The summed E-state index contributed by atoms with van der Waals surface area (Å²) in [5.41, 5.74) is 8.05. The summed E-state index contributed by atoms with van der Waals surface area (Å²) in [6.07, 6.45) is 3.99. The molecule has 12 heteroatoms. The smallest absolute Gasteiger partial charge is 0.248 e. The number of aryl methyl sites for hydroxylation is 2. The molecular weight excluding hydrogens is 460 g/mol. The maximum absolute atomic E-state index is 12.4. The van der Waals surface area contributed by atoms with Gasteiger partial charge in [-0.15, -0.1) is 10.2 Å². The van der Waals surface area contributed by atoms with E-state index < -0.39 is 0 Å². The molecule has 2 aromatic heterocycles. The first-order chi connectivity index (χ1) is 16.0. The first-order valence-corrected chi connectivity index (χ1v) is 12.0. The minimum atomic E-state index is -0.237. The van der Waals surface area contributed by atoms with E-state index in [2.05, 4.69) is 31.5 Å². The molecule has 10 nitrogen and oxygen atoms in total. The highest BCUT2D eigenvalue weighted by Gasteiger charge is 2.23. The van der Waals surface area contributed by atoms with Crippen LogP contribution in [0.2, 0.25) is 0 Å². The van der Waals surface area contributed by atoms with Gasteiger partial charge in [0.1, 0.15) is 5.69 Å². The summed E-state index contributed by atoms with van der Waals surface area (Å²) in [5, 5.41) is 17.0. The van der Waals surface area contributed by atoms with E-state index in [4.69, 9.17) is 17.0 Å². The highest BCUT2D eigenvalue weighted by atomic mass is 32.2. The number of ether oxygens (including phenoxy) is 1.